The number of benzene rings is 3. The van der Waals surface area contributed by atoms with Crippen LogP contribution in [0.5, 0.6) is 5.75 Å². The number of rotatable bonds is 6. The third-order valence-electron chi connectivity index (χ3n) is 6.63. The highest BCUT2D eigenvalue weighted by atomic mass is 35.5. The smallest absolute Gasteiger partial charge is 0.305 e. The molecule has 40 heavy (non-hydrogen) atoms. The SMILES string of the molecule is O=C(COc1ccc(Cl)cc1[C@@H]1c2sc(=O)[nH]c2S[C@H]2C(=O)N(c3ccc(Cl)cc3)C(=O)[C@@H]12)Nc1ccccc1. The number of carbonyl (C=O) groups is 3. The van der Waals surface area contributed by atoms with E-state index in [-0.39, 0.29) is 17.4 Å². The lowest BCUT2D eigenvalue weighted by atomic mass is 9.82. The second kappa shape index (κ2) is 10.8. The first-order valence-electron chi connectivity index (χ1n) is 12.1. The highest BCUT2D eigenvalue weighted by molar-refractivity contribution is 8.00. The maximum atomic E-state index is 13.9. The van der Waals surface area contributed by atoms with Crippen LogP contribution in [0.1, 0.15) is 16.4 Å². The van der Waals surface area contributed by atoms with E-state index < -0.39 is 28.9 Å². The Kier molecular flexibility index (Phi) is 7.18. The fraction of sp³-hybridized carbons (Fsp3) is 0.143. The number of H-pyrrole nitrogens is 1. The lowest BCUT2D eigenvalue weighted by molar-refractivity contribution is -0.122. The van der Waals surface area contributed by atoms with Gasteiger partial charge in [-0.15, -0.1) is 0 Å². The van der Waals surface area contributed by atoms with Crippen LogP contribution in [-0.4, -0.2) is 34.6 Å². The molecule has 3 aromatic carbocycles. The average molecular weight is 613 g/mol. The molecule has 3 amide bonds. The van der Waals surface area contributed by atoms with Gasteiger partial charge in [0.1, 0.15) is 11.0 Å². The molecular formula is C28H19Cl2N3O5S2. The Hall–Kier alpha value is -3.57. The van der Waals surface area contributed by atoms with Gasteiger partial charge in [-0.25, -0.2) is 4.90 Å². The van der Waals surface area contributed by atoms with Crippen molar-refractivity contribution in [3.63, 3.8) is 0 Å². The van der Waals surface area contributed by atoms with E-state index in [0.717, 1.165) is 11.3 Å². The number of thiazole rings is 1. The summed E-state index contributed by atoms with van der Waals surface area (Å²) in [5, 5.41) is 3.35. The zero-order valence-corrected chi connectivity index (χ0v) is 23.6. The van der Waals surface area contributed by atoms with Gasteiger partial charge in [0.05, 0.1) is 16.6 Å². The van der Waals surface area contributed by atoms with E-state index in [1.54, 1.807) is 66.7 Å². The van der Waals surface area contributed by atoms with Crippen molar-refractivity contribution in [2.24, 2.45) is 5.92 Å². The summed E-state index contributed by atoms with van der Waals surface area (Å²) in [5.74, 6) is -2.42. The van der Waals surface area contributed by atoms with Gasteiger partial charge in [0.25, 0.3) is 5.91 Å². The van der Waals surface area contributed by atoms with Crippen LogP contribution >= 0.6 is 46.3 Å². The van der Waals surface area contributed by atoms with Crippen molar-refractivity contribution >= 4 is 75.4 Å². The molecule has 2 N–H and O–H groups in total. The van der Waals surface area contributed by atoms with E-state index >= 15 is 0 Å². The third-order valence-corrected chi connectivity index (χ3v) is 9.52. The second-order valence-corrected chi connectivity index (χ2v) is 12.2. The van der Waals surface area contributed by atoms with Crippen molar-refractivity contribution in [1.29, 1.82) is 0 Å². The largest absolute Gasteiger partial charge is 0.483 e. The number of thioether (sulfide) groups is 1. The monoisotopic (exact) mass is 611 g/mol. The summed E-state index contributed by atoms with van der Waals surface area (Å²) >= 11 is 14.6. The van der Waals surface area contributed by atoms with Crippen molar-refractivity contribution < 1.29 is 19.1 Å². The number of halogens is 2. The number of anilines is 2. The van der Waals surface area contributed by atoms with E-state index in [4.69, 9.17) is 27.9 Å². The molecule has 0 radical (unpaired) electrons. The number of carbonyl (C=O) groups excluding carboxylic acids is 3. The minimum atomic E-state index is -0.842. The molecule has 1 aromatic heterocycles. The maximum absolute atomic E-state index is 13.9. The van der Waals surface area contributed by atoms with Gasteiger partial charge in [0, 0.05) is 32.1 Å². The first-order valence-corrected chi connectivity index (χ1v) is 14.6. The van der Waals surface area contributed by atoms with Crippen LogP contribution in [0.15, 0.2) is 82.6 Å². The van der Waals surface area contributed by atoms with Crippen LogP contribution in [0, 0.1) is 5.92 Å². The minimum Gasteiger partial charge on any atom is -0.483 e. The first-order chi connectivity index (χ1) is 19.3. The molecule has 1 fully saturated rings. The first kappa shape index (κ1) is 26.6. The van der Waals surface area contributed by atoms with Gasteiger partial charge in [0.2, 0.25) is 11.8 Å². The summed E-state index contributed by atoms with van der Waals surface area (Å²) in [4.78, 5) is 56.9. The van der Waals surface area contributed by atoms with Crippen molar-refractivity contribution in [1.82, 2.24) is 4.98 Å². The van der Waals surface area contributed by atoms with Crippen molar-refractivity contribution in [3.05, 3.63) is 103 Å². The number of imide groups is 1. The van der Waals surface area contributed by atoms with Gasteiger partial charge < -0.3 is 15.0 Å². The standard InChI is InChI=1S/C28H19Cl2N3O5S2/c29-14-6-9-17(10-7-14)33-26(35)22-21(23-25(32-28(37)40-23)39-24(22)27(33)36)18-12-15(30)8-11-19(18)38-13-20(34)31-16-4-2-1-3-5-16/h1-12,21-22,24H,13H2,(H,31,34)(H,32,37)/t21-,22-,24+/m0/s1. The number of fused-ring (bicyclic) bond motifs is 2. The number of nitrogens with one attached hydrogen (secondary N) is 2. The molecule has 0 spiro atoms. The number of nitrogens with zero attached hydrogens (tertiary/aromatic N) is 1. The number of amides is 3. The molecule has 0 aliphatic carbocycles. The van der Waals surface area contributed by atoms with Crippen LogP contribution in [0.3, 0.4) is 0 Å². The third kappa shape index (κ3) is 4.92. The molecule has 8 nitrogen and oxygen atoms in total. The molecule has 2 aliphatic rings. The molecule has 0 unspecified atom stereocenters. The lowest BCUT2D eigenvalue weighted by Gasteiger charge is -2.31. The van der Waals surface area contributed by atoms with Gasteiger partial charge >= 0.3 is 4.87 Å². The summed E-state index contributed by atoms with van der Waals surface area (Å²) in [6.07, 6.45) is 0. The van der Waals surface area contributed by atoms with Gasteiger partial charge in [0.15, 0.2) is 6.61 Å². The van der Waals surface area contributed by atoms with Gasteiger partial charge in [-0.1, -0.05) is 64.5 Å². The van der Waals surface area contributed by atoms with Gasteiger partial charge in [-0.05, 0) is 54.6 Å². The average Bonchev–Trinajstić information content (AvgIpc) is 3.43. The zero-order chi connectivity index (χ0) is 28.0. The Bertz CT molecular complexity index is 1690. The number of hydrogen-bond donors (Lipinski definition) is 2. The molecule has 2 aliphatic heterocycles. The molecule has 1 saturated heterocycles. The molecule has 3 heterocycles. The van der Waals surface area contributed by atoms with Crippen LogP contribution < -0.4 is 19.8 Å². The summed E-state index contributed by atoms with van der Waals surface area (Å²) < 4.78 is 5.95. The molecule has 12 heteroatoms. The Morgan fingerprint density at radius 1 is 0.950 bits per heavy atom. The van der Waals surface area contributed by atoms with Crippen LogP contribution in [0.25, 0.3) is 0 Å². The quantitative estimate of drug-likeness (QED) is 0.276. The van der Waals surface area contributed by atoms with E-state index in [1.165, 1.54) is 16.7 Å². The Balaban J connectivity index is 1.37. The molecule has 0 saturated carbocycles. The van der Waals surface area contributed by atoms with Crippen LogP contribution in [-0.2, 0) is 14.4 Å². The molecule has 4 aromatic rings. The van der Waals surface area contributed by atoms with Crippen LogP contribution in [0.4, 0.5) is 11.4 Å². The van der Waals surface area contributed by atoms with E-state index in [2.05, 4.69) is 10.3 Å². The Labute approximate surface area is 246 Å². The number of hydrogen-bond acceptors (Lipinski definition) is 7. The molecule has 3 atom stereocenters. The minimum absolute atomic E-state index is 0.302. The number of ether oxygens (including phenoxy) is 1. The topological polar surface area (TPSA) is 109 Å². The van der Waals surface area contributed by atoms with Crippen LogP contribution in [0.2, 0.25) is 10.0 Å². The van der Waals surface area contributed by atoms with Crippen molar-refractivity contribution in [2.75, 3.05) is 16.8 Å². The summed E-state index contributed by atoms with van der Waals surface area (Å²) in [7, 11) is 0. The molecule has 202 valence electrons. The molecule has 6 rings (SSSR count). The number of aromatic nitrogens is 1. The fourth-order valence-corrected chi connectivity index (χ4v) is 7.77. The maximum Gasteiger partial charge on any atom is 0.305 e. The summed E-state index contributed by atoms with van der Waals surface area (Å²) in [6.45, 7) is -0.306. The number of aromatic amines is 1. The highest BCUT2D eigenvalue weighted by Crippen LogP contribution is 2.54. The van der Waals surface area contributed by atoms with E-state index in [0.29, 0.717) is 42.6 Å². The number of para-hydroxylation sites is 1. The predicted molar refractivity (Wildman–Crippen MR) is 156 cm³/mol. The Morgan fingerprint density at radius 2 is 1.68 bits per heavy atom. The van der Waals surface area contributed by atoms with E-state index in [1.807, 2.05) is 6.07 Å². The molecular weight excluding hydrogens is 593 g/mol. The van der Waals surface area contributed by atoms with Crippen molar-refractivity contribution in [3.8, 4) is 5.75 Å². The molecule has 0 bridgehead atoms. The van der Waals surface area contributed by atoms with Gasteiger partial charge in [-0.3, -0.25) is 19.2 Å². The van der Waals surface area contributed by atoms with Gasteiger partial charge in [-0.2, -0.15) is 0 Å². The van der Waals surface area contributed by atoms with E-state index in [9.17, 15) is 19.2 Å². The summed E-state index contributed by atoms with van der Waals surface area (Å²) in [6, 6.07) is 20.3. The second-order valence-electron chi connectivity index (χ2n) is 9.12. The zero-order valence-electron chi connectivity index (χ0n) is 20.4. The predicted octanol–water partition coefficient (Wildman–Crippen LogP) is 5.56. The fourth-order valence-electron chi connectivity index (χ4n) is 4.95. The highest BCUT2D eigenvalue weighted by Gasteiger charge is 2.56. The summed E-state index contributed by atoms with van der Waals surface area (Å²) in [5.41, 5.74) is 1.54. The Morgan fingerprint density at radius 3 is 2.42 bits per heavy atom. The lowest BCUT2D eigenvalue weighted by Crippen LogP contribution is -2.32. The normalized spacial score (nSPS) is 19.8. The van der Waals surface area contributed by atoms with Crippen molar-refractivity contribution in [2.45, 2.75) is 16.2 Å².